The molecule has 2 rings (SSSR count). The minimum absolute atomic E-state index is 0.424. The quantitative estimate of drug-likeness (QED) is 0.722. The maximum Gasteiger partial charge on any atom is 0.0857 e. The Morgan fingerprint density at radius 3 is 2.43 bits per heavy atom. The molecule has 0 bridgehead atoms. The van der Waals surface area contributed by atoms with E-state index in [1.54, 1.807) is 4.80 Å². The number of para-hydroxylation sites is 1. The van der Waals surface area contributed by atoms with Gasteiger partial charge in [0.1, 0.15) is 0 Å². The highest BCUT2D eigenvalue weighted by atomic mass is 15.5. The smallest absolute Gasteiger partial charge is 0.0857 e. The topological polar surface area (TPSA) is 30.7 Å². The molecule has 0 N–H and O–H groups in total. The fraction of sp³-hybridized carbons (Fsp3) is 0.273. The normalized spacial score (nSPS) is 10.8. The number of rotatable bonds is 2. The first-order chi connectivity index (χ1) is 6.77. The van der Waals surface area contributed by atoms with Crippen molar-refractivity contribution in [3.05, 3.63) is 42.2 Å². The third-order valence-electron chi connectivity index (χ3n) is 2.09. The SMILES string of the molecule is CC(C)c1cnn(-c2ccccc2)n1. The van der Waals surface area contributed by atoms with Gasteiger partial charge in [0.05, 0.1) is 17.6 Å². The average molecular weight is 187 g/mol. The van der Waals surface area contributed by atoms with E-state index in [0.29, 0.717) is 5.92 Å². The van der Waals surface area contributed by atoms with Gasteiger partial charge >= 0.3 is 0 Å². The van der Waals surface area contributed by atoms with Crippen LogP contribution in [-0.2, 0) is 0 Å². The summed E-state index contributed by atoms with van der Waals surface area (Å²) >= 11 is 0. The lowest BCUT2D eigenvalue weighted by Crippen LogP contribution is -1.99. The molecule has 0 aliphatic rings. The van der Waals surface area contributed by atoms with Gasteiger partial charge in [-0.1, -0.05) is 32.0 Å². The second-order valence-corrected chi connectivity index (χ2v) is 3.55. The lowest BCUT2D eigenvalue weighted by Gasteiger charge is -1.98. The van der Waals surface area contributed by atoms with E-state index < -0.39 is 0 Å². The number of hydrogen-bond donors (Lipinski definition) is 0. The predicted octanol–water partition coefficient (Wildman–Crippen LogP) is 2.39. The number of aromatic nitrogens is 3. The molecule has 0 spiro atoms. The van der Waals surface area contributed by atoms with Gasteiger partial charge in [-0.05, 0) is 18.1 Å². The van der Waals surface area contributed by atoms with E-state index in [4.69, 9.17) is 0 Å². The van der Waals surface area contributed by atoms with Crippen molar-refractivity contribution < 1.29 is 0 Å². The van der Waals surface area contributed by atoms with Crippen molar-refractivity contribution in [1.29, 1.82) is 0 Å². The Morgan fingerprint density at radius 2 is 1.86 bits per heavy atom. The Hall–Kier alpha value is -1.64. The molecule has 72 valence electrons. The van der Waals surface area contributed by atoms with Crippen LogP contribution in [0.5, 0.6) is 0 Å². The average Bonchev–Trinajstić information content (AvgIpc) is 2.68. The lowest BCUT2D eigenvalue weighted by molar-refractivity contribution is 0.717. The Morgan fingerprint density at radius 1 is 1.14 bits per heavy atom. The summed E-state index contributed by atoms with van der Waals surface area (Å²) in [4.78, 5) is 1.66. The molecule has 0 saturated heterocycles. The van der Waals surface area contributed by atoms with Gasteiger partial charge in [0.25, 0.3) is 0 Å². The maximum atomic E-state index is 4.39. The van der Waals surface area contributed by atoms with Crippen LogP contribution in [0.2, 0.25) is 0 Å². The van der Waals surface area contributed by atoms with Crippen molar-refractivity contribution in [2.75, 3.05) is 0 Å². The molecule has 3 nitrogen and oxygen atoms in total. The van der Waals surface area contributed by atoms with Crippen LogP contribution in [0.25, 0.3) is 5.69 Å². The largest absolute Gasteiger partial charge is 0.157 e. The molecule has 0 radical (unpaired) electrons. The summed E-state index contributed by atoms with van der Waals surface area (Å²) in [5, 5.41) is 8.60. The van der Waals surface area contributed by atoms with Crippen LogP contribution in [0.3, 0.4) is 0 Å². The molecule has 0 fully saturated rings. The van der Waals surface area contributed by atoms with Crippen molar-refractivity contribution in [2.24, 2.45) is 0 Å². The van der Waals surface area contributed by atoms with E-state index in [2.05, 4.69) is 24.0 Å². The molecule has 1 aromatic heterocycles. The molecule has 2 aromatic rings. The first-order valence-electron chi connectivity index (χ1n) is 4.75. The zero-order chi connectivity index (χ0) is 9.97. The van der Waals surface area contributed by atoms with E-state index in [1.165, 1.54) is 0 Å². The monoisotopic (exact) mass is 187 g/mol. The molecule has 1 heterocycles. The first kappa shape index (κ1) is 8.94. The Labute approximate surface area is 83.4 Å². The van der Waals surface area contributed by atoms with Crippen LogP contribution < -0.4 is 0 Å². The third-order valence-corrected chi connectivity index (χ3v) is 2.09. The zero-order valence-corrected chi connectivity index (χ0v) is 8.38. The summed E-state index contributed by atoms with van der Waals surface area (Å²) in [5.74, 6) is 0.424. The number of benzene rings is 1. The van der Waals surface area contributed by atoms with Crippen LogP contribution in [0, 0.1) is 0 Å². The highest BCUT2D eigenvalue weighted by Gasteiger charge is 2.05. The van der Waals surface area contributed by atoms with Crippen molar-refractivity contribution in [3.63, 3.8) is 0 Å². The minimum atomic E-state index is 0.424. The molecule has 14 heavy (non-hydrogen) atoms. The molecule has 0 atom stereocenters. The highest BCUT2D eigenvalue weighted by molar-refractivity contribution is 5.28. The van der Waals surface area contributed by atoms with Gasteiger partial charge in [0.15, 0.2) is 0 Å². The highest BCUT2D eigenvalue weighted by Crippen LogP contribution is 2.11. The summed E-state index contributed by atoms with van der Waals surface area (Å²) in [6, 6.07) is 9.92. The van der Waals surface area contributed by atoms with Crippen LogP contribution in [0.15, 0.2) is 36.5 Å². The van der Waals surface area contributed by atoms with E-state index in [-0.39, 0.29) is 0 Å². The van der Waals surface area contributed by atoms with E-state index in [9.17, 15) is 0 Å². The van der Waals surface area contributed by atoms with Crippen molar-refractivity contribution in [3.8, 4) is 5.69 Å². The van der Waals surface area contributed by atoms with Gasteiger partial charge < -0.3 is 0 Å². The summed E-state index contributed by atoms with van der Waals surface area (Å²) in [5.41, 5.74) is 2.02. The minimum Gasteiger partial charge on any atom is -0.157 e. The molecule has 0 aliphatic carbocycles. The molecule has 0 amide bonds. The summed E-state index contributed by atoms with van der Waals surface area (Å²) in [6.07, 6.45) is 1.82. The molecule has 0 unspecified atom stereocenters. The summed E-state index contributed by atoms with van der Waals surface area (Å²) < 4.78 is 0. The van der Waals surface area contributed by atoms with Crippen LogP contribution in [0.4, 0.5) is 0 Å². The van der Waals surface area contributed by atoms with E-state index >= 15 is 0 Å². The Balaban J connectivity index is 2.34. The Bertz CT molecular complexity index is 403. The molecule has 0 saturated carbocycles. The third kappa shape index (κ3) is 1.66. The predicted molar refractivity (Wildman–Crippen MR) is 55.4 cm³/mol. The fourth-order valence-corrected chi connectivity index (χ4v) is 1.23. The maximum absolute atomic E-state index is 4.39. The van der Waals surface area contributed by atoms with Gasteiger partial charge in [0, 0.05) is 0 Å². The standard InChI is InChI=1S/C11H13N3/c1-9(2)11-8-12-14(13-11)10-6-4-3-5-7-10/h3-9H,1-2H3. The van der Waals surface area contributed by atoms with Gasteiger partial charge in [-0.3, -0.25) is 0 Å². The molecule has 1 aromatic carbocycles. The van der Waals surface area contributed by atoms with Gasteiger partial charge in [0.2, 0.25) is 0 Å². The zero-order valence-electron chi connectivity index (χ0n) is 8.38. The van der Waals surface area contributed by atoms with Crippen molar-refractivity contribution in [2.45, 2.75) is 19.8 Å². The van der Waals surface area contributed by atoms with Gasteiger partial charge in [-0.2, -0.15) is 15.0 Å². The van der Waals surface area contributed by atoms with E-state index in [1.807, 2.05) is 36.5 Å². The van der Waals surface area contributed by atoms with Crippen LogP contribution in [0.1, 0.15) is 25.5 Å². The van der Waals surface area contributed by atoms with Crippen molar-refractivity contribution in [1.82, 2.24) is 15.0 Å². The lowest BCUT2D eigenvalue weighted by atomic mass is 10.2. The number of hydrogen-bond acceptors (Lipinski definition) is 2. The van der Waals surface area contributed by atoms with Crippen molar-refractivity contribution >= 4 is 0 Å². The van der Waals surface area contributed by atoms with Crippen LogP contribution in [-0.4, -0.2) is 15.0 Å². The van der Waals surface area contributed by atoms with E-state index in [0.717, 1.165) is 11.4 Å². The van der Waals surface area contributed by atoms with Gasteiger partial charge in [-0.15, -0.1) is 0 Å². The number of nitrogens with zero attached hydrogens (tertiary/aromatic N) is 3. The second-order valence-electron chi connectivity index (χ2n) is 3.55. The Kier molecular flexibility index (Phi) is 2.31. The van der Waals surface area contributed by atoms with Gasteiger partial charge in [-0.25, -0.2) is 0 Å². The summed E-state index contributed by atoms with van der Waals surface area (Å²) in [6.45, 7) is 4.22. The molecule has 3 heteroatoms. The second kappa shape index (κ2) is 3.62. The molecular weight excluding hydrogens is 174 g/mol. The van der Waals surface area contributed by atoms with Crippen LogP contribution >= 0.6 is 0 Å². The molecular formula is C11H13N3. The summed E-state index contributed by atoms with van der Waals surface area (Å²) in [7, 11) is 0. The first-order valence-corrected chi connectivity index (χ1v) is 4.75. The fourth-order valence-electron chi connectivity index (χ4n) is 1.23. The molecule has 0 aliphatic heterocycles.